The number of carboxylic acid groups (broad SMARTS) is 1. The first kappa shape index (κ1) is 15.8. The van der Waals surface area contributed by atoms with Crippen LogP contribution in [-0.2, 0) is 11.0 Å². The number of hydrogen-bond acceptors (Lipinski definition) is 5. The van der Waals surface area contributed by atoms with E-state index in [1.165, 1.54) is 11.3 Å². The van der Waals surface area contributed by atoms with Crippen LogP contribution in [0.3, 0.4) is 0 Å². The lowest BCUT2D eigenvalue weighted by Crippen LogP contribution is -2.10. The van der Waals surface area contributed by atoms with Gasteiger partial charge in [0.05, 0.1) is 16.3 Å². The molecule has 4 nitrogen and oxygen atoms in total. The van der Waals surface area contributed by atoms with Crippen molar-refractivity contribution < 1.29 is 23.1 Å². The summed E-state index contributed by atoms with van der Waals surface area (Å²) in [5.74, 6) is -1.54. The van der Waals surface area contributed by atoms with E-state index in [2.05, 4.69) is 9.97 Å². The van der Waals surface area contributed by atoms with Gasteiger partial charge in [-0.05, 0) is 25.1 Å². The Morgan fingerprint density at radius 1 is 1.38 bits per heavy atom. The molecule has 9 heteroatoms. The molecule has 0 saturated carbocycles. The first-order valence-corrected chi connectivity index (χ1v) is 7.43. The summed E-state index contributed by atoms with van der Waals surface area (Å²) < 4.78 is 38.6. The summed E-state index contributed by atoms with van der Waals surface area (Å²) in [5, 5.41) is 8.40. The smallest absolute Gasteiger partial charge is 0.433 e. The van der Waals surface area contributed by atoms with Crippen LogP contribution in [0.2, 0.25) is 0 Å². The Bertz CT molecular complexity index is 671. The molecule has 0 aliphatic heterocycles. The van der Waals surface area contributed by atoms with Crippen LogP contribution in [0.5, 0.6) is 0 Å². The molecule has 2 aromatic heterocycles. The van der Waals surface area contributed by atoms with Crippen molar-refractivity contribution in [3.8, 4) is 10.6 Å². The van der Waals surface area contributed by atoms with Gasteiger partial charge in [0.15, 0.2) is 5.16 Å². The number of thiophene rings is 1. The maximum absolute atomic E-state index is 12.9. The quantitative estimate of drug-likeness (QED) is 0.682. The molecule has 0 unspecified atom stereocenters. The highest BCUT2D eigenvalue weighted by molar-refractivity contribution is 7.99. The van der Waals surface area contributed by atoms with Crippen molar-refractivity contribution in [2.24, 2.45) is 0 Å². The summed E-state index contributed by atoms with van der Waals surface area (Å²) in [6.45, 7) is 1.83. The average molecular weight is 334 g/mol. The monoisotopic (exact) mass is 334 g/mol. The van der Waals surface area contributed by atoms with E-state index >= 15 is 0 Å². The third-order valence-electron chi connectivity index (χ3n) is 2.31. The minimum atomic E-state index is -4.61. The molecule has 0 spiro atoms. The van der Waals surface area contributed by atoms with Gasteiger partial charge < -0.3 is 5.11 Å². The number of carboxylic acids is 1. The van der Waals surface area contributed by atoms with Crippen LogP contribution in [-0.4, -0.2) is 26.8 Å². The van der Waals surface area contributed by atoms with Crippen molar-refractivity contribution >= 4 is 29.1 Å². The lowest BCUT2D eigenvalue weighted by atomic mass is 10.3. The lowest BCUT2D eigenvalue weighted by Gasteiger charge is -2.09. The summed E-state index contributed by atoms with van der Waals surface area (Å²) >= 11 is 1.97. The molecule has 0 fully saturated rings. The predicted octanol–water partition coefficient (Wildman–Crippen LogP) is 3.71. The lowest BCUT2D eigenvalue weighted by molar-refractivity contribution is -0.141. The molecule has 0 aliphatic rings. The highest BCUT2D eigenvalue weighted by atomic mass is 32.2. The molecule has 0 radical (unpaired) electrons. The first-order chi connectivity index (χ1) is 9.75. The van der Waals surface area contributed by atoms with Gasteiger partial charge >= 0.3 is 12.1 Å². The van der Waals surface area contributed by atoms with Crippen LogP contribution in [0.4, 0.5) is 13.2 Å². The van der Waals surface area contributed by atoms with E-state index in [4.69, 9.17) is 5.11 Å². The predicted molar refractivity (Wildman–Crippen MR) is 73.4 cm³/mol. The standard InChI is InChI=1S/C12H9F3N2O2S2/c1-6-2-3-8(21-6)7-4-9(12(13,14)15)17-11(16-7)20-5-10(18)19/h2-4H,5H2,1H3,(H,18,19). The number of alkyl halides is 3. The molecule has 0 atom stereocenters. The fraction of sp³-hybridized carbons (Fsp3) is 0.250. The van der Waals surface area contributed by atoms with Crippen LogP contribution in [0.15, 0.2) is 23.4 Å². The van der Waals surface area contributed by atoms with Gasteiger partial charge in [0.2, 0.25) is 0 Å². The van der Waals surface area contributed by atoms with E-state index in [0.29, 0.717) is 16.6 Å². The summed E-state index contributed by atoms with van der Waals surface area (Å²) in [6, 6.07) is 4.32. The van der Waals surface area contributed by atoms with Crippen molar-refractivity contribution in [2.45, 2.75) is 18.3 Å². The van der Waals surface area contributed by atoms with Crippen LogP contribution < -0.4 is 0 Å². The second-order valence-corrected chi connectivity index (χ2v) is 6.24. The van der Waals surface area contributed by atoms with Crippen molar-refractivity contribution in [3.63, 3.8) is 0 Å². The van der Waals surface area contributed by atoms with E-state index in [1.807, 2.05) is 6.92 Å². The largest absolute Gasteiger partial charge is 0.481 e. The van der Waals surface area contributed by atoms with Gasteiger partial charge in [-0.25, -0.2) is 9.97 Å². The Labute approximate surface area is 126 Å². The van der Waals surface area contributed by atoms with Gasteiger partial charge in [0.1, 0.15) is 5.69 Å². The third kappa shape index (κ3) is 4.18. The zero-order chi connectivity index (χ0) is 15.6. The van der Waals surface area contributed by atoms with Crippen molar-refractivity contribution in [3.05, 3.63) is 28.8 Å². The molecule has 112 valence electrons. The van der Waals surface area contributed by atoms with Crippen molar-refractivity contribution in [2.75, 3.05) is 5.75 Å². The molecule has 0 aromatic carbocycles. The third-order valence-corrected chi connectivity index (χ3v) is 4.17. The van der Waals surface area contributed by atoms with E-state index in [1.54, 1.807) is 12.1 Å². The number of rotatable bonds is 4. The molecule has 0 amide bonds. The highest BCUT2D eigenvalue weighted by Gasteiger charge is 2.34. The van der Waals surface area contributed by atoms with E-state index in [-0.39, 0.29) is 10.9 Å². The van der Waals surface area contributed by atoms with Gasteiger partial charge in [0, 0.05) is 4.88 Å². The molecule has 2 aromatic rings. The second-order valence-electron chi connectivity index (χ2n) is 4.01. The van der Waals surface area contributed by atoms with Gasteiger partial charge in [-0.1, -0.05) is 11.8 Å². The van der Waals surface area contributed by atoms with Crippen LogP contribution in [0.25, 0.3) is 10.6 Å². The Hall–Kier alpha value is -1.61. The number of carbonyl (C=O) groups is 1. The molecule has 0 aliphatic carbocycles. The SMILES string of the molecule is Cc1ccc(-c2cc(C(F)(F)F)nc(SCC(=O)O)n2)s1. The number of nitrogens with zero attached hydrogens (tertiary/aromatic N) is 2. The van der Waals surface area contributed by atoms with Gasteiger partial charge in [0.25, 0.3) is 0 Å². The van der Waals surface area contributed by atoms with Gasteiger partial charge in [-0.3, -0.25) is 4.79 Å². The molecule has 0 saturated heterocycles. The van der Waals surface area contributed by atoms with Gasteiger partial charge in [-0.15, -0.1) is 11.3 Å². The Balaban J connectivity index is 2.44. The minimum absolute atomic E-state index is 0.142. The second kappa shape index (κ2) is 6.02. The number of thioether (sulfide) groups is 1. The normalized spacial score (nSPS) is 11.6. The maximum Gasteiger partial charge on any atom is 0.433 e. The summed E-state index contributed by atoms with van der Waals surface area (Å²) in [4.78, 5) is 19.4. The van der Waals surface area contributed by atoms with Crippen LogP contribution in [0.1, 0.15) is 10.6 Å². The van der Waals surface area contributed by atoms with Crippen LogP contribution in [0, 0.1) is 6.92 Å². The fourth-order valence-electron chi connectivity index (χ4n) is 1.46. The Kier molecular flexibility index (Phi) is 4.52. The zero-order valence-corrected chi connectivity index (χ0v) is 12.3. The number of hydrogen-bond donors (Lipinski definition) is 1. The Morgan fingerprint density at radius 3 is 2.62 bits per heavy atom. The zero-order valence-electron chi connectivity index (χ0n) is 10.6. The van der Waals surface area contributed by atoms with Gasteiger partial charge in [-0.2, -0.15) is 13.2 Å². The number of aryl methyl sites for hydroxylation is 1. The van der Waals surface area contributed by atoms with E-state index < -0.39 is 23.6 Å². The Morgan fingerprint density at radius 2 is 2.10 bits per heavy atom. The summed E-state index contributed by atoms with van der Waals surface area (Å²) in [7, 11) is 0. The average Bonchev–Trinajstić information content (AvgIpc) is 2.82. The topological polar surface area (TPSA) is 63.1 Å². The molecule has 0 bridgehead atoms. The molecular weight excluding hydrogens is 325 g/mol. The molecule has 2 heterocycles. The number of aliphatic carboxylic acids is 1. The van der Waals surface area contributed by atoms with E-state index in [0.717, 1.165) is 10.9 Å². The summed E-state index contributed by atoms with van der Waals surface area (Å²) in [6.07, 6.45) is -4.61. The molecular formula is C12H9F3N2O2S2. The van der Waals surface area contributed by atoms with E-state index in [9.17, 15) is 18.0 Å². The highest BCUT2D eigenvalue weighted by Crippen LogP contribution is 2.33. The number of halogens is 3. The number of aromatic nitrogens is 2. The maximum atomic E-state index is 12.9. The van der Waals surface area contributed by atoms with Crippen molar-refractivity contribution in [1.29, 1.82) is 0 Å². The van der Waals surface area contributed by atoms with Crippen molar-refractivity contribution in [1.82, 2.24) is 9.97 Å². The molecule has 21 heavy (non-hydrogen) atoms. The first-order valence-electron chi connectivity index (χ1n) is 5.63. The summed E-state index contributed by atoms with van der Waals surface area (Å²) in [5.41, 5.74) is -0.935. The van der Waals surface area contributed by atoms with Crippen LogP contribution >= 0.6 is 23.1 Å². The minimum Gasteiger partial charge on any atom is -0.481 e. The molecule has 1 N–H and O–H groups in total. The molecule has 2 rings (SSSR count). The fourth-order valence-corrected chi connectivity index (χ4v) is 2.87.